The van der Waals surface area contributed by atoms with Crippen LogP contribution < -0.4 is 10.6 Å². The first-order valence-corrected chi connectivity index (χ1v) is 9.92. The number of H-pyrrole nitrogens is 1. The van der Waals surface area contributed by atoms with Gasteiger partial charge >= 0.3 is 11.9 Å². The molecule has 0 aliphatic rings. The lowest BCUT2D eigenvalue weighted by Crippen LogP contribution is -2.37. The van der Waals surface area contributed by atoms with Crippen molar-refractivity contribution in [3.63, 3.8) is 0 Å². The number of carbonyl (C=O) groups is 4. The van der Waals surface area contributed by atoms with Crippen molar-refractivity contribution < 1.29 is 33.0 Å². The summed E-state index contributed by atoms with van der Waals surface area (Å²) < 4.78 is 23.5. The number of benzene rings is 1. The zero-order valence-corrected chi connectivity index (χ0v) is 18.4. The summed E-state index contributed by atoms with van der Waals surface area (Å²) in [6.07, 6.45) is -0.463. The van der Waals surface area contributed by atoms with E-state index < -0.39 is 36.2 Å². The van der Waals surface area contributed by atoms with E-state index in [9.17, 15) is 23.6 Å². The molecule has 0 saturated carbocycles. The zero-order valence-electron chi connectivity index (χ0n) is 18.4. The molecule has 2 aromatic rings. The predicted molar refractivity (Wildman–Crippen MR) is 114 cm³/mol. The molecule has 0 bridgehead atoms. The van der Waals surface area contributed by atoms with E-state index in [1.165, 1.54) is 17.0 Å². The lowest BCUT2D eigenvalue weighted by Gasteiger charge is -2.22. The maximum atomic E-state index is 13.2. The van der Waals surface area contributed by atoms with Crippen LogP contribution >= 0.6 is 0 Å². The average Bonchev–Trinajstić information content (AvgIpc) is 3.01. The highest BCUT2D eigenvalue weighted by Crippen LogP contribution is 2.21. The summed E-state index contributed by atoms with van der Waals surface area (Å²) in [7, 11) is 0. The molecule has 0 fully saturated rings. The van der Waals surface area contributed by atoms with E-state index in [1.54, 1.807) is 27.7 Å². The van der Waals surface area contributed by atoms with Gasteiger partial charge in [0.05, 0.1) is 11.7 Å². The molecule has 2 rings (SSSR count). The Hall–Kier alpha value is -3.69. The van der Waals surface area contributed by atoms with Crippen molar-refractivity contribution in [2.45, 2.75) is 40.2 Å². The number of amides is 2. The Kier molecular flexibility index (Phi) is 8.11. The molecule has 32 heavy (non-hydrogen) atoms. The number of aryl methyl sites for hydroxylation is 1. The maximum Gasteiger partial charge on any atom is 0.355 e. The molecule has 0 aliphatic heterocycles. The third-order valence-electron chi connectivity index (χ3n) is 4.54. The second kappa shape index (κ2) is 10.6. The van der Waals surface area contributed by atoms with Crippen molar-refractivity contribution in [1.29, 1.82) is 0 Å². The molecule has 9 nitrogen and oxygen atoms in total. The van der Waals surface area contributed by atoms with E-state index in [1.807, 2.05) is 0 Å². The molecule has 0 spiro atoms. The molecule has 1 aromatic heterocycles. The van der Waals surface area contributed by atoms with Crippen LogP contribution in [0.3, 0.4) is 0 Å². The first-order chi connectivity index (χ1) is 15.0. The van der Waals surface area contributed by atoms with Gasteiger partial charge in [-0.2, -0.15) is 0 Å². The maximum absolute atomic E-state index is 13.2. The second-order valence-corrected chi connectivity index (χ2v) is 7.39. The molecule has 1 heterocycles. The standard InChI is InChI=1S/C22H26FN3O6/c1-12(2)32-21(29)19-13(3)20(25-14(19)4)22(30)31-11-18(28)26(10-9-17(24)27)16-7-5-15(23)6-8-16/h5-8,12,25H,9-11H2,1-4H3,(H2,24,27). The second-order valence-electron chi connectivity index (χ2n) is 7.39. The largest absolute Gasteiger partial charge is 0.459 e. The van der Waals surface area contributed by atoms with Gasteiger partial charge < -0.3 is 25.1 Å². The van der Waals surface area contributed by atoms with Gasteiger partial charge in [0.2, 0.25) is 5.91 Å². The number of hydrogen-bond acceptors (Lipinski definition) is 6. The highest BCUT2D eigenvalue weighted by molar-refractivity contribution is 6.00. The van der Waals surface area contributed by atoms with Crippen molar-refractivity contribution in [1.82, 2.24) is 4.98 Å². The number of nitrogens with one attached hydrogen (secondary N) is 1. The minimum Gasteiger partial charge on any atom is -0.459 e. The van der Waals surface area contributed by atoms with Crippen LogP contribution in [-0.4, -0.2) is 48.0 Å². The van der Waals surface area contributed by atoms with Gasteiger partial charge in [0.15, 0.2) is 6.61 Å². The lowest BCUT2D eigenvalue weighted by atomic mass is 10.1. The van der Waals surface area contributed by atoms with E-state index >= 15 is 0 Å². The number of aromatic nitrogens is 1. The Bertz CT molecular complexity index is 1010. The number of nitrogens with zero attached hydrogens (tertiary/aromatic N) is 1. The number of halogens is 1. The Labute approximate surface area is 184 Å². The quantitative estimate of drug-likeness (QED) is 0.568. The normalized spacial score (nSPS) is 10.7. The minimum absolute atomic E-state index is 0.0245. The summed E-state index contributed by atoms with van der Waals surface area (Å²) >= 11 is 0. The highest BCUT2D eigenvalue weighted by Gasteiger charge is 2.26. The summed E-state index contributed by atoms with van der Waals surface area (Å²) in [6.45, 7) is 5.89. The molecular weight excluding hydrogens is 421 g/mol. The topological polar surface area (TPSA) is 132 Å². The Morgan fingerprint density at radius 1 is 1.09 bits per heavy atom. The molecule has 2 amide bonds. The van der Waals surface area contributed by atoms with Crippen molar-refractivity contribution >= 4 is 29.4 Å². The van der Waals surface area contributed by atoms with Crippen molar-refractivity contribution in [2.24, 2.45) is 5.73 Å². The Morgan fingerprint density at radius 3 is 2.28 bits per heavy atom. The van der Waals surface area contributed by atoms with Crippen LogP contribution in [0.4, 0.5) is 10.1 Å². The van der Waals surface area contributed by atoms with Gasteiger partial charge in [-0.1, -0.05) is 0 Å². The van der Waals surface area contributed by atoms with Gasteiger partial charge in [0.1, 0.15) is 11.5 Å². The fourth-order valence-corrected chi connectivity index (χ4v) is 3.05. The van der Waals surface area contributed by atoms with Gasteiger partial charge in [-0.25, -0.2) is 14.0 Å². The fraction of sp³-hybridized carbons (Fsp3) is 0.364. The summed E-state index contributed by atoms with van der Waals surface area (Å²) in [6, 6.07) is 5.05. The molecule has 0 unspecified atom stereocenters. The summed E-state index contributed by atoms with van der Waals surface area (Å²) in [5, 5.41) is 0. The molecule has 1 aromatic carbocycles. The highest BCUT2D eigenvalue weighted by atomic mass is 19.1. The number of ether oxygens (including phenoxy) is 2. The average molecular weight is 447 g/mol. The number of carbonyl (C=O) groups excluding carboxylic acids is 4. The van der Waals surface area contributed by atoms with Crippen LogP contribution in [-0.2, 0) is 19.1 Å². The van der Waals surface area contributed by atoms with Crippen molar-refractivity contribution in [3.8, 4) is 0 Å². The van der Waals surface area contributed by atoms with E-state index in [0.717, 1.165) is 12.1 Å². The van der Waals surface area contributed by atoms with Crippen LogP contribution in [0.15, 0.2) is 24.3 Å². The van der Waals surface area contributed by atoms with Crippen LogP contribution in [0.2, 0.25) is 0 Å². The van der Waals surface area contributed by atoms with Gasteiger partial charge in [-0.05, 0) is 57.5 Å². The number of aromatic amines is 1. The van der Waals surface area contributed by atoms with Crippen molar-refractivity contribution in [2.75, 3.05) is 18.1 Å². The van der Waals surface area contributed by atoms with E-state index in [0.29, 0.717) is 16.9 Å². The third kappa shape index (κ3) is 6.16. The first-order valence-electron chi connectivity index (χ1n) is 9.92. The smallest absolute Gasteiger partial charge is 0.355 e. The van der Waals surface area contributed by atoms with E-state index in [4.69, 9.17) is 15.2 Å². The third-order valence-corrected chi connectivity index (χ3v) is 4.54. The SMILES string of the molecule is Cc1[nH]c(C(=O)OCC(=O)N(CCC(N)=O)c2ccc(F)cc2)c(C)c1C(=O)OC(C)C. The fourth-order valence-electron chi connectivity index (χ4n) is 3.05. The zero-order chi connectivity index (χ0) is 24.0. The van der Waals surface area contributed by atoms with Crippen molar-refractivity contribution in [3.05, 3.63) is 52.6 Å². The molecular formula is C22H26FN3O6. The molecule has 0 atom stereocenters. The summed E-state index contributed by atoms with van der Waals surface area (Å²) in [5.74, 6) is -3.16. The molecule has 10 heteroatoms. The van der Waals surface area contributed by atoms with Crippen LogP contribution in [0.1, 0.15) is 52.4 Å². The first kappa shape index (κ1) is 24.6. The number of rotatable bonds is 9. The van der Waals surface area contributed by atoms with Crippen LogP contribution in [0.5, 0.6) is 0 Å². The molecule has 3 N–H and O–H groups in total. The lowest BCUT2D eigenvalue weighted by molar-refractivity contribution is -0.121. The Morgan fingerprint density at radius 2 is 1.72 bits per heavy atom. The number of nitrogens with two attached hydrogens (primary N) is 1. The molecule has 0 radical (unpaired) electrons. The van der Waals surface area contributed by atoms with Gasteiger partial charge in [-0.3, -0.25) is 9.59 Å². The number of primary amides is 1. The Balaban J connectivity index is 2.14. The minimum atomic E-state index is -0.837. The monoisotopic (exact) mass is 447 g/mol. The predicted octanol–water partition coefficient (Wildman–Crippen LogP) is 2.40. The van der Waals surface area contributed by atoms with Gasteiger partial charge in [-0.15, -0.1) is 0 Å². The van der Waals surface area contributed by atoms with E-state index in [2.05, 4.69) is 4.98 Å². The van der Waals surface area contributed by atoms with Gasteiger partial charge in [0, 0.05) is 24.3 Å². The molecule has 0 saturated heterocycles. The summed E-state index contributed by atoms with van der Waals surface area (Å²) in [5.41, 5.74) is 6.51. The van der Waals surface area contributed by atoms with E-state index in [-0.39, 0.29) is 30.3 Å². The number of esters is 2. The molecule has 0 aliphatic carbocycles. The number of hydrogen-bond donors (Lipinski definition) is 2. The van der Waals surface area contributed by atoms with Crippen LogP contribution in [0, 0.1) is 19.7 Å². The summed E-state index contributed by atoms with van der Waals surface area (Å²) in [4.78, 5) is 52.6. The van der Waals surface area contributed by atoms with Gasteiger partial charge in [0.25, 0.3) is 5.91 Å². The molecule has 172 valence electrons. The number of anilines is 1. The van der Waals surface area contributed by atoms with Crippen LogP contribution in [0.25, 0.3) is 0 Å².